The molecule has 40 valence electrons. The second-order valence-electron chi connectivity index (χ2n) is 0.547. The topological polar surface area (TPSA) is 34.1 Å². The summed E-state index contributed by atoms with van der Waals surface area (Å²) in [6, 6.07) is 0. The van der Waals surface area contributed by atoms with Crippen molar-refractivity contribution in [3.63, 3.8) is 0 Å². The van der Waals surface area contributed by atoms with Crippen LogP contribution in [0.1, 0.15) is 0 Å². The summed E-state index contributed by atoms with van der Waals surface area (Å²) in [7, 11) is 0. The Morgan fingerprint density at radius 1 is 1.00 bits per heavy atom. The van der Waals surface area contributed by atoms with Crippen molar-refractivity contribution in [2.24, 2.45) is 0 Å². The van der Waals surface area contributed by atoms with E-state index < -0.39 is 10.5 Å². The first-order valence-electron chi connectivity index (χ1n) is 1.04. The molecular weight excluding hydrogens is 334 g/mol. The van der Waals surface area contributed by atoms with Gasteiger partial charge in [-0.15, -0.1) is 0 Å². The SMILES string of the molecule is O=C(Cl)C(=O)Cl.[PbH2]. The molecule has 2 radical (unpaired) electrons. The molecule has 0 bridgehead atoms. The molecule has 0 spiro atoms. The summed E-state index contributed by atoms with van der Waals surface area (Å²) >= 11 is 8.98. The van der Waals surface area contributed by atoms with E-state index in [1.54, 1.807) is 0 Å². The molecule has 0 atom stereocenters. The quantitative estimate of drug-likeness (QED) is 0.371. The monoisotopic (exact) mass is 336 g/mol. The van der Waals surface area contributed by atoms with Crippen LogP contribution in [0.15, 0.2) is 0 Å². The van der Waals surface area contributed by atoms with Gasteiger partial charge in [0.25, 0.3) is 0 Å². The van der Waals surface area contributed by atoms with Gasteiger partial charge in [-0.2, -0.15) is 0 Å². The standard InChI is InChI=1S/C2Cl2O2.Pb.2H/c3-1(5)2(4)6;;;. The molecule has 7 heavy (non-hydrogen) atoms. The molecule has 0 aromatic carbocycles. The minimum atomic E-state index is -1.14. The summed E-state index contributed by atoms with van der Waals surface area (Å²) in [6.45, 7) is 0. The molecule has 0 heterocycles. The molecule has 0 saturated heterocycles. The molecule has 0 aliphatic rings. The Bertz CT molecular complexity index is 79.7. The first-order valence-corrected chi connectivity index (χ1v) is 1.79. The fourth-order valence-electron chi connectivity index (χ4n) is 0. The zero-order valence-corrected chi connectivity index (χ0v) is 10.3. The Balaban J connectivity index is 0. The van der Waals surface area contributed by atoms with Crippen LogP contribution in [-0.4, -0.2) is 37.8 Å². The average molecular weight is 336 g/mol. The van der Waals surface area contributed by atoms with Crippen LogP contribution in [0.5, 0.6) is 0 Å². The summed E-state index contributed by atoms with van der Waals surface area (Å²) in [5.74, 6) is 0. The van der Waals surface area contributed by atoms with Crippen molar-refractivity contribution >= 4 is 61.0 Å². The van der Waals surface area contributed by atoms with E-state index in [-0.39, 0.29) is 27.3 Å². The van der Waals surface area contributed by atoms with Crippen LogP contribution < -0.4 is 0 Å². The maximum absolute atomic E-state index is 9.43. The number of carbonyl (C=O) groups is 2. The van der Waals surface area contributed by atoms with E-state index >= 15 is 0 Å². The molecule has 0 unspecified atom stereocenters. The molecule has 0 aliphatic carbocycles. The zero-order chi connectivity index (χ0) is 5.15. The van der Waals surface area contributed by atoms with E-state index in [1.165, 1.54) is 0 Å². The normalized spacial score (nSPS) is 6.57. The molecule has 0 amide bonds. The summed E-state index contributed by atoms with van der Waals surface area (Å²) < 4.78 is 0. The first-order chi connectivity index (χ1) is 2.64. The Morgan fingerprint density at radius 2 is 1.14 bits per heavy atom. The molecule has 0 N–H and O–H groups in total. The predicted molar refractivity (Wildman–Crippen MR) is 30.3 cm³/mol. The maximum atomic E-state index is 9.43. The fourth-order valence-corrected chi connectivity index (χ4v) is 0. The van der Waals surface area contributed by atoms with Gasteiger partial charge >= 0.3 is 37.8 Å². The van der Waals surface area contributed by atoms with E-state index in [0.717, 1.165) is 0 Å². The third-order valence-electron chi connectivity index (χ3n) is 0.155. The van der Waals surface area contributed by atoms with Gasteiger partial charge in [0.05, 0.1) is 0 Å². The van der Waals surface area contributed by atoms with Crippen molar-refractivity contribution < 1.29 is 9.59 Å². The third-order valence-corrected chi connectivity index (χ3v) is 0.595. The third kappa shape index (κ3) is 6.84. The van der Waals surface area contributed by atoms with E-state index in [2.05, 4.69) is 23.2 Å². The van der Waals surface area contributed by atoms with Crippen molar-refractivity contribution in [3.8, 4) is 0 Å². The van der Waals surface area contributed by atoms with Crippen LogP contribution >= 0.6 is 23.2 Å². The van der Waals surface area contributed by atoms with Crippen molar-refractivity contribution in [1.82, 2.24) is 0 Å². The van der Waals surface area contributed by atoms with Crippen molar-refractivity contribution in [1.29, 1.82) is 0 Å². The van der Waals surface area contributed by atoms with Crippen LogP contribution in [0.25, 0.3) is 0 Å². The van der Waals surface area contributed by atoms with Crippen LogP contribution in [-0.2, 0) is 9.59 Å². The van der Waals surface area contributed by atoms with Gasteiger partial charge in [0.15, 0.2) is 0 Å². The molecule has 5 heteroatoms. The van der Waals surface area contributed by atoms with Gasteiger partial charge < -0.3 is 0 Å². The number of carbonyl (C=O) groups excluding carboxylic acids is 2. The molecular formula is C2H2Cl2O2Pb. The van der Waals surface area contributed by atoms with Gasteiger partial charge in [0.2, 0.25) is 0 Å². The van der Waals surface area contributed by atoms with Gasteiger partial charge in [-0.25, -0.2) is 0 Å². The van der Waals surface area contributed by atoms with Gasteiger partial charge in [0.1, 0.15) is 0 Å². The number of halogens is 2. The first kappa shape index (κ1) is 10.8. The van der Waals surface area contributed by atoms with E-state index in [9.17, 15) is 9.59 Å². The predicted octanol–water partition coefficient (Wildman–Crippen LogP) is -0.399. The molecule has 0 rings (SSSR count). The van der Waals surface area contributed by atoms with Crippen LogP contribution in [0.2, 0.25) is 0 Å². The second-order valence-corrected chi connectivity index (χ2v) is 1.23. The van der Waals surface area contributed by atoms with Crippen molar-refractivity contribution in [3.05, 3.63) is 0 Å². The van der Waals surface area contributed by atoms with Gasteiger partial charge in [-0.1, -0.05) is 0 Å². The number of rotatable bonds is 1. The summed E-state index contributed by atoms with van der Waals surface area (Å²) in [6.07, 6.45) is 0. The Kier molecular flexibility index (Phi) is 7.67. The van der Waals surface area contributed by atoms with Gasteiger partial charge in [-0.3, -0.25) is 9.59 Å². The number of hydrogen-bond acceptors (Lipinski definition) is 2. The van der Waals surface area contributed by atoms with Crippen LogP contribution in [0.3, 0.4) is 0 Å². The summed E-state index contributed by atoms with van der Waals surface area (Å²) in [4.78, 5) is 18.9. The molecule has 0 aliphatic heterocycles. The van der Waals surface area contributed by atoms with E-state index in [1.807, 2.05) is 0 Å². The fraction of sp³-hybridized carbons (Fsp3) is 0. The van der Waals surface area contributed by atoms with Gasteiger partial charge in [-0.05, 0) is 23.2 Å². The van der Waals surface area contributed by atoms with Crippen LogP contribution in [0.4, 0.5) is 0 Å². The molecule has 2 nitrogen and oxygen atoms in total. The van der Waals surface area contributed by atoms with Crippen molar-refractivity contribution in [2.45, 2.75) is 0 Å². The number of hydrogen-bond donors (Lipinski definition) is 0. The Labute approximate surface area is 70.3 Å². The average Bonchev–Trinajstić information content (AvgIpc) is 1.36. The molecule has 0 aromatic heterocycles. The molecule has 0 saturated carbocycles. The van der Waals surface area contributed by atoms with Gasteiger partial charge in [0, 0.05) is 0 Å². The van der Waals surface area contributed by atoms with Crippen molar-refractivity contribution in [2.75, 3.05) is 0 Å². The molecule has 0 fully saturated rings. The summed E-state index contributed by atoms with van der Waals surface area (Å²) in [5.41, 5.74) is 0. The Morgan fingerprint density at radius 3 is 1.14 bits per heavy atom. The molecule has 0 aromatic rings. The second kappa shape index (κ2) is 4.99. The van der Waals surface area contributed by atoms with E-state index in [4.69, 9.17) is 0 Å². The summed E-state index contributed by atoms with van der Waals surface area (Å²) in [5, 5.41) is -2.28. The van der Waals surface area contributed by atoms with E-state index in [0.29, 0.717) is 0 Å². The minimum absolute atomic E-state index is 0. The van der Waals surface area contributed by atoms with Crippen LogP contribution in [0, 0.1) is 0 Å². The Hall–Kier alpha value is 0.842. The zero-order valence-electron chi connectivity index (χ0n) is 3.28.